The molecule has 1 aliphatic carbocycles. The highest BCUT2D eigenvalue weighted by molar-refractivity contribution is 6.25. The quantitative estimate of drug-likeness (QED) is 0.673. The fourth-order valence-corrected chi connectivity index (χ4v) is 2.73. The van der Waals surface area contributed by atoms with Gasteiger partial charge in [0.2, 0.25) is 5.95 Å². The van der Waals surface area contributed by atoms with Crippen LogP contribution in [-0.4, -0.2) is 30.4 Å². The van der Waals surface area contributed by atoms with Crippen molar-refractivity contribution in [1.29, 1.82) is 0 Å². The molecule has 22 heavy (non-hydrogen) atoms. The van der Waals surface area contributed by atoms with Gasteiger partial charge in [-0.25, -0.2) is 9.97 Å². The standard InChI is InChI=1S/C15H13N5O2/c21-10-5-4-9-13(18-11-3-1-2-8-20(9)11)12(10)14(22)19-15-16-6-7-17-15/h1-3,6-8,21H,4-5H2,(H2,16,17,19,22). The number of hydrogen-bond donors (Lipinski definition) is 3. The number of aromatic amines is 1. The Kier molecular flexibility index (Phi) is 2.72. The molecule has 0 unspecified atom stereocenters. The number of nitrogens with one attached hydrogen (secondary N) is 2. The second-order valence-electron chi connectivity index (χ2n) is 5.05. The van der Waals surface area contributed by atoms with Crippen LogP contribution in [0.2, 0.25) is 0 Å². The molecule has 1 amide bonds. The SMILES string of the molecule is O=C(Nc1ncc[nH]1)C1=C(O)CCc2c1nc1ccccn21. The molecule has 0 radical (unpaired) electrons. The molecule has 0 saturated carbocycles. The molecule has 0 aromatic carbocycles. The third-order valence-corrected chi connectivity index (χ3v) is 3.71. The number of aliphatic hydroxyl groups is 1. The van der Waals surface area contributed by atoms with Gasteiger partial charge in [-0.05, 0) is 18.6 Å². The molecule has 7 nitrogen and oxygen atoms in total. The molecule has 7 heteroatoms. The number of carbonyl (C=O) groups excluding carboxylic acids is 1. The largest absolute Gasteiger partial charge is 0.511 e. The minimum atomic E-state index is -0.420. The lowest BCUT2D eigenvalue weighted by Crippen LogP contribution is -2.20. The summed E-state index contributed by atoms with van der Waals surface area (Å²) in [5.41, 5.74) is 2.42. The Labute approximate surface area is 125 Å². The average Bonchev–Trinajstić information content (AvgIpc) is 3.13. The molecule has 0 aliphatic heterocycles. The summed E-state index contributed by atoms with van der Waals surface area (Å²) in [6.07, 6.45) is 6.12. The third-order valence-electron chi connectivity index (χ3n) is 3.71. The molecular formula is C15H13N5O2. The number of imidazole rings is 2. The van der Waals surface area contributed by atoms with Crippen LogP contribution in [0.1, 0.15) is 17.8 Å². The van der Waals surface area contributed by atoms with Crippen molar-refractivity contribution in [2.45, 2.75) is 12.8 Å². The number of fused-ring (bicyclic) bond motifs is 3. The predicted octanol–water partition coefficient (Wildman–Crippen LogP) is 1.91. The molecule has 3 aromatic rings. The van der Waals surface area contributed by atoms with Crippen LogP contribution >= 0.6 is 0 Å². The zero-order valence-electron chi connectivity index (χ0n) is 11.6. The van der Waals surface area contributed by atoms with Gasteiger partial charge in [-0.2, -0.15) is 0 Å². The average molecular weight is 295 g/mol. The number of aromatic nitrogens is 4. The van der Waals surface area contributed by atoms with Crippen LogP contribution in [0.15, 0.2) is 42.5 Å². The smallest absolute Gasteiger partial charge is 0.263 e. The van der Waals surface area contributed by atoms with E-state index in [1.165, 1.54) is 0 Å². The number of allylic oxidation sites excluding steroid dienone is 1. The lowest BCUT2D eigenvalue weighted by molar-refractivity contribution is -0.111. The van der Waals surface area contributed by atoms with E-state index in [-0.39, 0.29) is 11.3 Å². The topological polar surface area (TPSA) is 95.3 Å². The number of rotatable bonds is 2. The van der Waals surface area contributed by atoms with Crippen molar-refractivity contribution in [1.82, 2.24) is 19.4 Å². The fourth-order valence-electron chi connectivity index (χ4n) is 2.73. The van der Waals surface area contributed by atoms with Crippen LogP contribution in [0.5, 0.6) is 0 Å². The van der Waals surface area contributed by atoms with Crippen molar-refractivity contribution in [3.63, 3.8) is 0 Å². The molecule has 3 heterocycles. The second-order valence-corrected chi connectivity index (χ2v) is 5.05. The monoisotopic (exact) mass is 295 g/mol. The number of anilines is 1. The third kappa shape index (κ3) is 1.86. The van der Waals surface area contributed by atoms with E-state index in [0.717, 1.165) is 11.3 Å². The molecule has 1 aliphatic rings. The van der Waals surface area contributed by atoms with Gasteiger partial charge in [-0.15, -0.1) is 0 Å². The van der Waals surface area contributed by atoms with Crippen LogP contribution in [0.25, 0.3) is 11.2 Å². The van der Waals surface area contributed by atoms with E-state index in [0.29, 0.717) is 24.5 Å². The summed E-state index contributed by atoms with van der Waals surface area (Å²) in [5, 5.41) is 12.8. The van der Waals surface area contributed by atoms with Crippen LogP contribution in [0.3, 0.4) is 0 Å². The van der Waals surface area contributed by atoms with E-state index < -0.39 is 5.91 Å². The maximum atomic E-state index is 12.5. The molecule has 0 atom stereocenters. The van der Waals surface area contributed by atoms with Gasteiger partial charge in [0.15, 0.2) is 0 Å². The van der Waals surface area contributed by atoms with Crippen LogP contribution in [-0.2, 0) is 11.2 Å². The first-order chi connectivity index (χ1) is 10.7. The first kappa shape index (κ1) is 12.6. The Morgan fingerprint density at radius 3 is 3.09 bits per heavy atom. The van der Waals surface area contributed by atoms with Gasteiger partial charge in [0, 0.05) is 25.0 Å². The Balaban J connectivity index is 1.80. The highest BCUT2D eigenvalue weighted by Crippen LogP contribution is 2.31. The molecule has 3 N–H and O–H groups in total. The molecular weight excluding hydrogens is 282 g/mol. The first-order valence-electron chi connectivity index (χ1n) is 6.93. The zero-order valence-corrected chi connectivity index (χ0v) is 11.6. The van der Waals surface area contributed by atoms with Crippen molar-refractivity contribution in [3.05, 3.63) is 53.9 Å². The summed E-state index contributed by atoms with van der Waals surface area (Å²) in [6.45, 7) is 0. The molecule has 110 valence electrons. The zero-order chi connectivity index (χ0) is 15.1. The fraction of sp³-hybridized carbons (Fsp3) is 0.133. The van der Waals surface area contributed by atoms with Gasteiger partial charge in [0.25, 0.3) is 5.91 Å². The Hall–Kier alpha value is -3.09. The number of aliphatic hydroxyl groups excluding tert-OH is 1. The van der Waals surface area contributed by atoms with Crippen molar-refractivity contribution >= 4 is 23.1 Å². The van der Waals surface area contributed by atoms with Crippen LogP contribution in [0.4, 0.5) is 5.95 Å². The van der Waals surface area contributed by atoms with Crippen molar-refractivity contribution in [2.75, 3.05) is 5.32 Å². The van der Waals surface area contributed by atoms with Gasteiger partial charge in [-0.1, -0.05) is 6.07 Å². The molecule has 4 rings (SSSR count). The Morgan fingerprint density at radius 1 is 1.36 bits per heavy atom. The van der Waals surface area contributed by atoms with Gasteiger partial charge in [0.1, 0.15) is 22.7 Å². The van der Waals surface area contributed by atoms with E-state index in [9.17, 15) is 9.90 Å². The second kappa shape index (κ2) is 4.73. The summed E-state index contributed by atoms with van der Waals surface area (Å²) in [7, 11) is 0. The lowest BCUT2D eigenvalue weighted by Gasteiger charge is -2.15. The number of carbonyl (C=O) groups is 1. The van der Waals surface area contributed by atoms with E-state index in [1.807, 2.05) is 28.8 Å². The van der Waals surface area contributed by atoms with E-state index in [4.69, 9.17) is 0 Å². The summed E-state index contributed by atoms with van der Waals surface area (Å²) < 4.78 is 1.95. The maximum absolute atomic E-state index is 12.5. The lowest BCUT2D eigenvalue weighted by atomic mass is 9.97. The molecule has 0 spiro atoms. The van der Waals surface area contributed by atoms with Crippen molar-refractivity contribution in [2.24, 2.45) is 0 Å². The Morgan fingerprint density at radius 2 is 2.27 bits per heavy atom. The van der Waals surface area contributed by atoms with Crippen LogP contribution in [0, 0.1) is 0 Å². The maximum Gasteiger partial charge on any atom is 0.263 e. The van der Waals surface area contributed by atoms with Gasteiger partial charge < -0.3 is 14.5 Å². The van der Waals surface area contributed by atoms with E-state index in [1.54, 1.807) is 12.4 Å². The number of aryl methyl sites for hydroxylation is 1. The minimum absolute atomic E-state index is 0.0555. The minimum Gasteiger partial charge on any atom is -0.511 e. The van der Waals surface area contributed by atoms with E-state index >= 15 is 0 Å². The number of nitrogens with zero attached hydrogens (tertiary/aromatic N) is 3. The highest BCUT2D eigenvalue weighted by Gasteiger charge is 2.29. The highest BCUT2D eigenvalue weighted by atomic mass is 16.3. The summed E-state index contributed by atoms with van der Waals surface area (Å²) in [4.78, 5) is 23.7. The molecule has 3 aromatic heterocycles. The molecule has 0 saturated heterocycles. The number of amides is 1. The van der Waals surface area contributed by atoms with E-state index in [2.05, 4.69) is 20.3 Å². The summed E-state index contributed by atoms with van der Waals surface area (Å²) >= 11 is 0. The Bertz CT molecular complexity index is 892. The van der Waals surface area contributed by atoms with Crippen LogP contribution < -0.4 is 5.32 Å². The van der Waals surface area contributed by atoms with Crippen molar-refractivity contribution < 1.29 is 9.90 Å². The summed E-state index contributed by atoms with van der Waals surface area (Å²) in [5.74, 6) is -0.0297. The first-order valence-corrected chi connectivity index (χ1v) is 6.93. The molecule has 0 fully saturated rings. The number of hydrogen-bond acceptors (Lipinski definition) is 4. The predicted molar refractivity (Wildman–Crippen MR) is 80.3 cm³/mol. The van der Waals surface area contributed by atoms with Gasteiger partial charge in [0.05, 0.1) is 5.69 Å². The molecule has 0 bridgehead atoms. The summed E-state index contributed by atoms with van der Waals surface area (Å²) in [6, 6.07) is 5.67. The normalized spacial score (nSPS) is 14.2. The van der Waals surface area contributed by atoms with Crippen molar-refractivity contribution in [3.8, 4) is 0 Å². The van der Waals surface area contributed by atoms with Gasteiger partial charge in [-0.3, -0.25) is 10.1 Å². The number of pyridine rings is 1. The van der Waals surface area contributed by atoms with Gasteiger partial charge >= 0.3 is 0 Å². The number of H-pyrrole nitrogens is 1.